The van der Waals surface area contributed by atoms with Crippen molar-refractivity contribution in [3.8, 4) is 0 Å². The summed E-state index contributed by atoms with van der Waals surface area (Å²) in [4.78, 5) is 24.7. The molecule has 0 fully saturated rings. The van der Waals surface area contributed by atoms with E-state index in [1.54, 1.807) is 25.1 Å². The Hall–Kier alpha value is -3.81. The first-order valence-corrected chi connectivity index (χ1v) is 8.58. The van der Waals surface area contributed by atoms with Gasteiger partial charge in [0.1, 0.15) is 0 Å². The Labute approximate surface area is 161 Å². The number of tetrazole rings is 1. The fraction of sp³-hybridized carbons (Fsp3) is 0.150. The van der Waals surface area contributed by atoms with Gasteiger partial charge in [0.25, 0.3) is 5.91 Å². The molecule has 0 aliphatic rings. The van der Waals surface area contributed by atoms with Crippen LogP contribution in [0, 0.1) is 13.8 Å². The summed E-state index contributed by atoms with van der Waals surface area (Å²) in [6.45, 7) is 3.19. The first kappa shape index (κ1) is 19.0. The molecule has 3 aromatic rings. The van der Waals surface area contributed by atoms with Crippen LogP contribution < -0.4 is 5.32 Å². The Bertz CT molecular complexity index is 994. The number of carbonyl (C=O) groups excluding carboxylic acids is 2. The van der Waals surface area contributed by atoms with E-state index < -0.39 is 18.5 Å². The average Bonchev–Trinajstić information content (AvgIpc) is 3.12. The Kier molecular flexibility index (Phi) is 5.91. The molecular weight excluding hydrogens is 358 g/mol. The number of carbonyl (C=O) groups is 2. The molecule has 8 nitrogen and oxygen atoms in total. The number of anilines is 1. The highest BCUT2D eigenvalue weighted by Crippen LogP contribution is 2.14. The third kappa shape index (κ3) is 4.88. The van der Waals surface area contributed by atoms with E-state index in [4.69, 9.17) is 4.74 Å². The number of aromatic nitrogens is 4. The number of benzene rings is 2. The predicted octanol–water partition coefficient (Wildman–Crippen LogP) is 2.47. The summed E-state index contributed by atoms with van der Waals surface area (Å²) in [5.74, 6) is -0.730. The molecule has 0 spiro atoms. The van der Waals surface area contributed by atoms with Crippen LogP contribution >= 0.6 is 0 Å². The fourth-order valence-corrected chi connectivity index (χ4v) is 2.41. The van der Waals surface area contributed by atoms with E-state index >= 15 is 0 Å². The number of amides is 1. The van der Waals surface area contributed by atoms with Crippen molar-refractivity contribution < 1.29 is 14.3 Å². The molecule has 1 aromatic heterocycles. The maximum Gasteiger partial charge on any atom is 0.357 e. The van der Waals surface area contributed by atoms with E-state index in [9.17, 15) is 9.59 Å². The molecule has 142 valence electrons. The Morgan fingerprint density at radius 3 is 2.43 bits per heavy atom. The highest BCUT2D eigenvalue weighted by Gasteiger charge is 2.19. The van der Waals surface area contributed by atoms with Crippen molar-refractivity contribution in [3.05, 3.63) is 71.5 Å². The normalized spacial score (nSPS) is 11.1. The van der Waals surface area contributed by atoms with E-state index in [0.717, 1.165) is 11.1 Å². The summed E-state index contributed by atoms with van der Waals surface area (Å²) in [5.41, 5.74) is 2.59. The van der Waals surface area contributed by atoms with Gasteiger partial charge in [-0.3, -0.25) is 4.79 Å². The second-order valence-corrected chi connectivity index (χ2v) is 6.07. The van der Waals surface area contributed by atoms with Gasteiger partial charge in [-0.25, -0.2) is 4.79 Å². The highest BCUT2D eigenvalue weighted by molar-refractivity contribution is 6.15. The van der Waals surface area contributed by atoms with Gasteiger partial charge >= 0.3 is 5.97 Å². The summed E-state index contributed by atoms with van der Waals surface area (Å²) < 4.78 is 6.45. The van der Waals surface area contributed by atoms with Gasteiger partial charge in [-0.15, -0.1) is 5.10 Å². The van der Waals surface area contributed by atoms with Crippen molar-refractivity contribution in [1.82, 2.24) is 20.2 Å². The van der Waals surface area contributed by atoms with Crippen LogP contribution in [0.15, 0.2) is 54.6 Å². The van der Waals surface area contributed by atoms with Crippen LogP contribution in [0.5, 0.6) is 0 Å². The number of aryl methyl sites for hydroxylation is 2. The number of esters is 1. The minimum absolute atomic E-state index is 0.108. The lowest BCUT2D eigenvalue weighted by atomic mass is 10.2. The van der Waals surface area contributed by atoms with Crippen LogP contribution in [0.4, 0.5) is 5.69 Å². The molecule has 3 rings (SSSR count). The van der Waals surface area contributed by atoms with Crippen molar-refractivity contribution in [1.29, 1.82) is 0 Å². The standard InChI is InChI=1S/C20H19N5O3/c1-14-8-10-17(11-9-14)21-19(26)13-28-20(27)18(25-15(2)22-23-24-25)12-16-6-4-3-5-7-16/h3-12H,13H2,1-2H3,(H,21,26)/b18-12-. The van der Waals surface area contributed by atoms with Gasteiger partial charge in [0.15, 0.2) is 18.1 Å². The van der Waals surface area contributed by atoms with Crippen LogP contribution in [0.2, 0.25) is 0 Å². The van der Waals surface area contributed by atoms with Gasteiger partial charge in [-0.1, -0.05) is 48.0 Å². The Morgan fingerprint density at radius 2 is 1.79 bits per heavy atom. The second kappa shape index (κ2) is 8.72. The van der Waals surface area contributed by atoms with Gasteiger partial charge in [-0.2, -0.15) is 4.68 Å². The maximum absolute atomic E-state index is 12.6. The molecule has 0 saturated heterocycles. The van der Waals surface area contributed by atoms with Crippen molar-refractivity contribution >= 4 is 29.3 Å². The van der Waals surface area contributed by atoms with Gasteiger partial charge in [0, 0.05) is 5.69 Å². The van der Waals surface area contributed by atoms with E-state index in [-0.39, 0.29) is 5.70 Å². The van der Waals surface area contributed by atoms with Gasteiger partial charge in [0.2, 0.25) is 0 Å². The SMILES string of the molecule is Cc1ccc(NC(=O)COC(=O)/C(=C/c2ccccc2)n2nnnc2C)cc1. The molecule has 0 radical (unpaired) electrons. The molecule has 0 bridgehead atoms. The Balaban J connectivity index is 1.71. The summed E-state index contributed by atoms with van der Waals surface area (Å²) >= 11 is 0. The molecule has 28 heavy (non-hydrogen) atoms. The zero-order chi connectivity index (χ0) is 19.9. The molecule has 1 N–H and O–H groups in total. The number of hydrogen-bond acceptors (Lipinski definition) is 6. The van der Waals surface area contributed by atoms with Crippen molar-refractivity contribution in [2.75, 3.05) is 11.9 Å². The van der Waals surface area contributed by atoms with E-state index in [0.29, 0.717) is 11.5 Å². The number of rotatable bonds is 6. The first-order valence-electron chi connectivity index (χ1n) is 8.58. The van der Waals surface area contributed by atoms with Crippen LogP contribution in [-0.4, -0.2) is 38.7 Å². The molecule has 1 amide bonds. The molecule has 2 aromatic carbocycles. The molecule has 0 aliphatic heterocycles. The lowest BCUT2D eigenvalue weighted by Crippen LogP contribution is -2.23. The van der Waals surface area contributed by atoms with Crippen molar-refractivity contribution in [2.24, 2.45) is 0 Å². The van der Waals surface area contributed by atoms with Gasteiger partial charge < -0.3 is 10.1 Å². The van der Waals surface area contributed by atoms with Gasteiger partial charge in [-0.05, 0) is 48.0 Å². The summed E-state index contributed by atoms with van der Waals surface area (Å²) in [6.07, 6.45) is 1.60. The zero-order valence-electron chi connectivity index (χ0n) is 15.5. The quantitative estimate of drug-likeness (QED) is 0.523. The molecule has 8 heteroatoms. The lowest BCUT2D eigenvalue weighted by Gasteiger charge is -2.10. The number of nitrogens with one attached hydrogen (secondary N) is 1. The molecule has 0 atom stereocenters. The summed E-state index contributed by atoms with van der Waals surface area (Å²) in [6, 6.07) is 16.5. The van der Waals surface area contributed by atoms with Crippen LogP contribution in [0.1, 0.15) is 17.0 Å². The minimum Gasteiger partial charge on any atom is -0.451 e. The van der Waals surface area contributed by atoms with E-state index in [1.165, 1.54) is 4.68 Å². The molecule has 0 unspecified atom stereocenters. The summed E-state index contributed by atoms with van der Waals surface area (Å²) in [5, 5.41) is 13.9. The minimum atomic E-state index is -0.710. The first-order chi connectivity index (χ1) is 13.5. The van der Waals surface area contributed by atoms with Crippen LogP contribution in [-0.2, 0) is 14.3 Å². The maximum atomic E-state index is 12.6. The zero-order valence-corrected chi connectivity index (χ0v) is 15.5. The third-order valence-corrected chi connectivity index (χ3v) is 3.84. The Morgan fingerprint density at radius 1 is 1.07 bits per heavy atom. The van der Waals surface area contributed by atoms with E-state index in [1.807, 2.05) is 49.4 Å². The van der Waals surface area contributed by atoms with Crippen LogP contribution in [0.25, 0.3) is 11.8 Å². The van der Waals surface area contributed by atoms with Crippen molar-refractivity contribution in [3.63, 3.8) is 0 Å². The third-order valence-electron chi connectivity index (χ3n) is 3.84. The number of nitrogens with zero attached hydrogens (tertiary/aromatic N) is 4. The smallest absolute Gasteiger partial charge is 0.357 e. The summed E-state index contributed by atoms with van der Waals surface area (Å²) in [7, 11) is 0. The molecule has 0 aliphatic carbocycles. The average molecular weight is 377 g/mol. The predicted molar refractivity (Wildman–Crippen MR) is 104 cm³/mol. The number of hydrogen-bond donors (Lipinski definition) is 1. The topological polar surface area (TPSA) is 99.0 Å². The van der Waals surface area contributed by atoms with Gasteiger partial charge in [0.05, 0.1) is 0 Å². The highest BCUT2D eigenvalue weighted by atomic mass is 16.5. The molecular formula is C20H19N5O3. The molecule has 1 heterocycles. The van der Waals surface area contributed by atoms with Crippen molar-refractivity contribution in [2.45, 2.75) is 13.8 Å². The fourth-order valence-electron chi connectivity index (χ4n) is 2.41. The largest absolute Gasteiger partial charge is 0.451 e. The molecule has 0 saturated carbocycles. The second-order valence-electron chi connectivity index (χ2n) is 6.07. The lowest BCUT2D eigenvalue weighted by molar-refractivity contribution is -0.141. The van der Waals surface area contributed by atoms with Crippen LogP contribution in [0.3, 0.4) is 0 Å². The monoisotopic (exact) mass is 377 g/mol. The number of ether oxygens (including phenoxy) is 1. The van der Waals surface area contributed by atoms with E-state index in [2.05, 4.69) is 20.8 Å².